The van der Waals surface area contributed by atoms with Crippen LogP contribution in [0.4, 0.5) is 19.1 Å². The number of halogens is 3. The minimum Gasteiger partial charge on any atom is -0.546 e. The first-order valence-corrected chi connectivity index (χ1v) is 10.9. The summed E-state index contributed by atoms with van der Waals surface area (Å²) in [5, 5.41) is 10.7. The van der Waals surface area contributed by atoms with E-state index in [0.717, 1.165) is 23.3 Å². The highest BCUT2D eigenvalue weighted by molar-refractivity contribution is 5.66. The number of hydrogen-bond acceptors (Lipinski definition) is 7. The number of anilines is 1. The minimum absolute atomic E-state index is 0.398. The maximum absolute atomic E-state index is 12.9. The molecule has 0 saturated heterocycles. The summed E-state index contributed by atoms with van der Waals surface area (Å²) in [6.07, 6.45) is -2.22. The normalized spacial score (nSPS) is 11.3. The first-order valence-electron chi connectivity index (χ1n) is 10.9. The first kappa shape index (κ1) is 26.0. The Hall–Kier alpha value is -3.66. The SMILES string of the molecule is CCc1cc(CN(CCOC)c2nccc(-c3ccc(C(F)(F)F)cc3)n2)ccc1OCC(=O)[O-]. The van der Waals surface area contributed by atoms with Crippen molar-refractivity contribution < 1.29 is 32.5 Å². The molecule has 2 aromatic carbocycles. The molecule has 0 aliphatic carbocycles. The predicted molar refractivity (Wildman–Crippen MR) is 122 cm³/mol. The van der Waals surface area contributed by atoms with Gasteiger partial charge in [-0.25, -0.2) is 9.97 Å². The number of methoxy groups -OCH3 is 1. The number of carboxylic acid groups (broad SMARTS) is 1. The highest BCUT2D eigenvalue weighted by atomic mass is 19.4. The lowest BCUT2D eigenvalue weighted by Crippen LogP contribution is -2.29. The molecular weight excluding hydrogens is 463 g/mol. The minimum atomic E-state index is -4.41. The van der Waals surface area contributed by atoms with Gasteiger partial charge in [-0.2, -0.15) is 13.2 Å². The number of nitrogens with zero attached hydrogens (tertiary/aromatic N) is 3. The number of aromatic nitrogens is 2. The molecule has 0 aliphatic heterocycles. The molecule has 10 heteroatoms. The van der Waals surface area contributed by atoms with E-state index in [4.69, 9.17) is 9.47 Å². The van der Waals surface area contributed by atoms with Crippen LogP contribution < -0.4 is 14.7 Å². The Morgan fingerprint density at radius 3 is 2.49 bits per heavy atom. The van der Waals surface area contributed by atoms with Crippen molar-refractivity contribution >= 4 is 11.9 Å². The van der Waals surface area contributed by atoms with Gasteiger partial charge in [0.25, 0.3) is 0 Å². The smallest absolute Gasteiger partial charge is 0.416 e. The molecule has 0 spiro atoms. The summed E-state index contributed by atoms with van der Waals surface area (Å²) < 4.78 is 49.2. The standard InChI is InChI=1S/C25H26F3N3O4/c1-3-18-14-17(4-9-22(18)35-16-23(32)33)15-31(12-13-34-2)24-29-11-10-21(30-24)19-5-7-20(8-6-19)25(26,27)28/h4-11,14H,3,12-13,15-16H2,1-2H3,(H,32,33)/p-1. The second-order valence-electron chi connectivity index (χ2n) is 7.69. The molecule has 0 N–H and O–H groups in total. The first-order chi connectivity index (χ1) is 16.7. The number of carboxylic acids is 1. The van der Waals surface area contributed by atoms with Crippen LogP contribution in [0.2, 0.25) is 0 Å². The lowest BCUT2D eigenvalue weighted by molar-refractivity contribution is -0.307. The van der Waals surface area contributed by atoms with E-state index in [-0.39, 0.29) is 0 Å². The van der Waals surface area contributed by atoms with E-state index in [0.29, 0.717) is 49.1 Å². The van der Waals surface area contributed by atoms with Crippen LogP contribution in [0.3, 0.4) is 0 Å². The van der Waals surface area contributed by atoms with E-state index in [1.54, 1.807) is 25.4 Å². The Balaban J connectivity index is 1.85. The summed E-state index contributed by atoms with van der Waals surface area (Å²) in [5.74, 6) is -0.425. The van der Waals surface area contributed by atoms with Crippen LogP contribution in [0.1, 0.15) is 23.6 Å². The molecule has 0 amide bonds. The molecule has 1 heterocycles. The monoisotopic (exact) mass is 488 g/mol. The Bertz CT molecular complexity index is 1140. The maximum Gasteiger partial charge on any atom is 0.416 e. The molecule has 1 aromatic heterocycles. The van der Waals surface area contributed by atoms with Gasteiger partial charge >= 0.3 is 6.18 Å². The van der Waals surface area contributed by atoms with Gasteiger partial charge < -0.3 is 24.3 Å². The van der Waals surface area contributed by atoms with Crippen molar-refractivity contribution in [3.05, 3.63) is 71.4 Å². The Morgan fingerprint density at radius 2 is 1.86 bits per heavy atom. The number of carbonyl (C=O) groups is 1. The Kier molecular flexibility index (Phi) is 8.64. The molecule has 0 aliphatic rings. The van der Waals surface area contributed by atoms with Gasteiger partial charge in [-0.15, -0.1) is 0 Å². The fourth-order valence-corrected chi connectivity index (χ4v) is 3.45. The quantitative estimate of drug-likeness (QED) is 0.408. The average molecular weight is 488 g/mol. The number of aryl methyl sites for hydroxylation is 1. The van der Waals surface area contributed by atoms with Gasteiger partial charge in [-0.1, -0.05) is 31.2 Å². The Morgan fingerprint density at radius 1 is 1.11 bits per heavy atom. The average Bonchev–Trinajstić information content (AvgIpc) is 2.85. The predicted octanol–water partition coefficient (Wildman–Crippen LogP) is 3.51. The van der Waals surface area contributed by atoms with Crippen molar-refractivity contribution in [2.24, 2.45) is 0 Å². The summed E-state index contributed by atoms with van der Waals surface area (Å²) in [6, 6.07) is 11.9. The van der Waals surface area contributed by atoms with E-state index in [1.807, 2.05) is 24.0 Å². The van der Waals surface area contributed by atoms with Crippen LogP contribution in [-0.4, -0.2) is 42.8 Å². The molecule has 7 nitrogen and oxygen atoms in total. The molecule has 0 saturated carbocycles. The highest BCUT2D eigenvalue weighted by Crippen LogP contribution is 2.31. The summed E-state index contributed by atoms with van der Waals surface area (Å²) in [4.78, 5) is 21.5. The highest BCUT2D eigenvalue weighted by Gasteiger charge is 2.30. The molecule has 0 fully saturated rings. The van der Waals surface area contributed by atoms with Crippen molar-refractivity contribution in [2.45, 2.75) is 26.1 Å². The van der Waals surface area contributed by atoms with Gasteiger partial charge in [0, 0.05) is 32.0 Å². The zero-order valence-corrected chi connectivity index (χ0v) is 19.3. The molecule has 186 valence electrons. The van der Waals surface area contributed by atoms with Crippen LogP contribution in [0.25, 0.3) is 11.3 Å². The van der Waals surface area contributed by atoms with Crippen molar-refractivity contribution in [1.82, 2.24) is 9.97 Å². The molecule has 3 rings (SSSR count). The van der Waals surface area contributed by atoms with Gasteiger partial charge in [-0.05, 0) is 41.8 Å². The van der Waals surface area contributed by atoms with Crippen molar-refractivity contribution in [1.29, 1.82) is 0 Å². The van der Waals surface area contributed by atoms with Crippen LogP contribution in [-0.2, 0) is 28.7 Å². The van der Waals surface area contributed by atoms with Crippen molar-refractivity contribution in [3.63, 3.8) is 0 Å². The van der Waals surface area contributed by atoms with Crippen molar-refractivity contribution in [2.75, 3.05) is 31.8 Å². The Labute approximate surface area is 201 Å². The molecule has 3 aromatic rings. The topological polar surface area (TPSA) is 87.6 Å². The summed E-state index contributed by atoms with van der Waals surface area (Å²) in [7, 11) is 1.58. The van der Waals surface area contributed by atoms with E-state index in [2.05, 4.69) is 9.97 Å². The van der Waals surface area contributed by atoms with E-state index >= 15 is 0 Å². The van der Waals surface area contributed by atoms with E-state index < -0.39 is 24.3 Å². The fourth-order valence-electron chi connectivity index (χ4n) is 3.45. The fraction of sp³-hybridized carbons (Fsp3) is 0.320. The molecule has 0 atom stereocenters. The second kappa shape index (κ2) is 11.7. The molecule has 0 radical (unpaired) electrons. The van der Waals surface area contributed by atoms with Gasteiger partial charge in [0.05, 0.1) is 23.8 Å². The van der Waals surface area contributed by atoms with Gasteiger partial charge in [0.1, 0.15) is 12.4 Å². The molecule has 35 heavy (non-hydrogen) atoms. The van der Waals surface area contributed by atoms with Gasteiger partial charge in [-0.3, -0.25) is 0 Å². The number of rotatable bonds is 11. The second-order valence-corrected chi connectivity index (χ2v) is 7.69. The zero-order valence-electron chi connectivity index (χ0n) is 19.3. The summed E-state index contributed by atoms with van der Waals surface area (Å²) in [6.45, 7) is 2.70. The summed E-state index contributed by atoms with van der Waals surface area (Å²) >= 11 is 0. The van der Waals surface area contributed by atoms with Crippen LogP contribution in [0.15, 0.2) is 54.7 Å². The van der Waals surface area contributed by atoms with Crippen LogP contribution in [0.5, 0.6) is 5.75 Å². The van der Waals surface area contributed by atoms with Crippen LogP contribution in [0, 0.1) is 0 Å². The third-order valence-electron chi connectivity index (χ3n) is 5.22. The third-order valence-corrected chi connectivity index (χ3v) is 5.22. The number of ether oxygens (including phenoxy) is 2. The number of hydrogen-bond donors (Lipinski definition) is 0. The lowest BCUT2D eigenvalue weighted by atomic mass is 10.1. The van der Waals surface area contributed by atoms with E-state index in [9.17, 15) is 23.1 Å². The largest absolute Gasteiger partial charge is 0.546 e. The number of carbonyl (C=O) groups excluding carboxylic acids is 1. The summed E-state index contributed by atoms with van der Waals surface area (Å²) in [5.41, 5.74) is 2.07. The third kappa shape index (κ3) is 7.16. The zero-order chi connectivity index (χ0) is 25.4. The number of benzene rings is 2. The maximum atomic E-state index is 12.9. The molecular formula is C25H25F3N3O4-. The van der Waals surface area contributed by atoms with Gasteiger partial charge in [0.15, 0.2) is 0 Å². The van der Waals surface area contributed by atoms with E-state index in [1.165, 1.54) is 12.1 Å². The van der Waals surface area contributed by atoms with Gasteiger partial charge in [0.2, 0.25) is 5.95 Å². The number of aliphatic carboxylic acids is 1. The number of alkyl halides is 3. The lowest BCUT2D eigenvalue weighted by Gasteiger charge is -2.23. The van der Waals surface area contributed by atoms with Crippen LogP contribution >= 0.6 is 0 Å². The molecule has 0 bridgehead atoms. The van der Waals surface area contributed by atoms with Crippen molar-refractivity contribution in [3.8, 4) is 17.0 Å². The molecule has 0 unspecified atom stereocenters.